The van der Waals surface area contributed by atoms with E-state index in [2.05, 4.69) is 20.4 Å². The van der Waals surface area contributed by atoms with Crippen molar-refractivity contribution >= 4 is 29.1 Å². The number of hydrogen-bond acceptors (Lipinski definition) is 8. The number of ether oxygens (including phenoxy) is 2. The predicted molar refractivity (Wildman–Crippen MR) is 118 cm³/mol. The standard InChI is InChI=1S/C21H23ClN6O4/c1-31-18-10-14(20(30)27-5-8-32-9-6-27)2-3-17(18)25-21-23-12-16(22)19(26-21)15-11-24-28(13-15)4-7-29/h2-3,10-13,29H,4-9H2,1H3,(H,23,25,26). The van der Waals surface area contributed by atoms with Crippen LogP contribution in [0.3, 0.4) is 0 Å². The first-order chi connectivity index (χ1) is 15.6. The van der Waals surface area contributed by atoms with Gasteiger partial charge in [0, 0.05) is 30.4 Å². The molecule has 32 heavy (non-hydrogen) atoms. The van der Waals surface area contributed by atoms with Crippen LogP contribution < -0.4 is 10.1 Å². The normalized spacial score (nSPS) is 13.8. The third-order valence-electron chi connectivity index (χ3n) is 4.97. The molecule has 0 bridgehead atoms. The molecule has 1 fully saturated rings. The first-order valence-electron chi connectivity index (χ1n) is 10.1. The predicted octanol–water partition coefficient (Wildman–Crippen LogP) is 2.21. The average Bonchev–Trinajstić information content (AvgIpc) is 3.29. The van der Waals surface area contributed by atoms with Gasteiger partial charge in [-0.1, -0.05) is 11.6 Å². The minimum absolute atomic E-state index is 0.0186. The fourth-order valence-corrected chi connectivity index (χ4v) is 3.54. The second-order valence-electron chi connectivity index (χ2n) is 7.05. The highest BCUT2D eigenvalue weighted by atomic mass is 35.5. The van der Waals surface area contributed by atoms with E-state index in [9.17, 15) is 4.79 Å². The average molecular weight is 459 g/mol. The highest BCUT2D eigenvalue weighted by Gasteiger charge is 2.20. The molecule has 0 spiro atoms. The lowest BCUT2D eigenvalue weighted by atomic mass is 10.1. The quantitative estimate of drug-likeness (QED) is 0.553. The van der Waals surface area contributed by atoms with E-state index in [4.69, 9.17) is 26.2 Å². The van der Waals surface area contributed by atoms with Crippen molar-refractivity contribution < 1.29 is 19.4 Å². The Bertz CT molecular complexity index is 1100. The Labute approximate surface area is 189 Å². The van der Waals surface area contributed by atoms with Crippen molar-refractivity contribution in [1.29, 1.82) is 0 Å². The third-order valence-corrected chi connectivity index (χ3v) is 5.25. The van der Waals surface area contributed by atoms with Crippen LogP contribution in [-0.4, -0.2) is 75.7 Å². The number of rotatable bonds is 7. The van der Waals surface area contributed by atoms with Gasteiger partial charge < -0.3 is 24.8 Å². The number of anilines is 2. The van der Waals surface area contributed by atoms with Crippen LogP contribution in [0.1, 0.15) is 10.4 Å². The molecule has 1 amide bonds. The van der Waals surface area contributed by atoms with E-state index in [1.807, 2.05) is 0 Å². The maximum Gasteiger partial charge on any atom is 0.254 e. The number of carbonyl (C=O) groups is 1. The lowest BCUT2D eigenvalue weighted by Crippen LogP contribution is -2.40. The van der Waals surface area contributed by atoms with Gasteiger partial charge in [0.25, 0.3) is 5.91 Å². The number of nitrogens with zero attached hydrogens (tertiary/aromatic N) is 5. The van der Waals surface area contributed by atoms with Gasteiger partial charge in [-0.2, -0.15) is 5.10 Å². The first-order valence-corrected chi connectivity index (χ1v) is 10.4. The minimum Gasteiger partial charge on any atom is -0.495 e. The minimum atomic E-state index is -0.0666. The summed E-state index contributed by atoms with van der Waals surface area (Å²) in [5.74, 6) is 0.730. The Morgan fingerprint density at radius 3 is 2.88 bits per heavy atom. The number of aromatic nitrogens is 4. The number of morpholine rings is 1. The maximum absolute atomic E-state index is 12.8. The van der Waals surface area contributed by atoms with Crippen LogP contribution in [0.5, 0.6) is 5.75 Å². The molecule has 3 aromatic rings. The third kappa shape index (κ3) is 4.82. The molecule has 0 saturated carbocycles. The first kappa shape index (κ1) is 22.0. The summed E-state index contributed by atoms with van der Waals surface area (Å²) in [5.41, 5.74) is 2.34. The van der Waals surface area contributed by atoms with E-state index in [-0.39, 0.29) is 12.5 Å². The van der Waals surface area contributed by atoms with Crippen LogP contribution in [0, 0.1) is 0 Å². The van der Waals surface area contributed by atoms with Gasteiger partial charge in [0.15, 0.2) is 0 Å². The number of benzene rings is 1. The summed E-state index contributed by atoms with van der Waals surface area (Å²) in [7, 11) is 1.53. The van der Waals surface area contributed by atoms with Crippen molar-refractivity contribution in [3.63, 3.8) is 0 Å². The van der Waals surface area contributed by atoms with E-state index in [0.717, 1.165) is 0 Å². The summed E-state index contributed by atoms with van der Waals surface area (Å²) >= 11 is 6.29. The van der Waals surface area contributed by atoms with Crippen LogP contribution in [0.4, 0.5) is 11.6 Å². The molecule has 11 heteroatoms. The largest absolute Gasteiger partial charge is 0.495 e. The molecule has 168 valence electrons. The van der Waals surface area contributed by atoms with E-state index in [1.165, 1.54) is 13.3 Å². The molecule has 1 aliphatic heterocycles. The number of methoxy groups -OCH3 is 1. The van der Waals surface area contributed by atoms with Crippen molar-refractivity contribution in [1.82, 2.24) is 24.6 Å². The van der Waals surface area contributed by atoms with Crippen molar-refractivity contribution in [2.24, 2.45) is 0 Å². The van der Waals surface area contributed by atoms with E-state index >= 15 is 0 Å². The summed E-state index contributed by atoms with van der Waals surface area (Å²) in [6.45, 7) is 2.57. The Balaban J connectivity index is 1.56. The summed E-state index contributed by atoms with van der Waals surface area (Å²) in [4.78, 5) is 23.3. The zero-order valence-corrected chi connectivity index (χ0v) is 18.2. The molecule has 1 saturated heterocycles. The number of aliphatic hydroxyl groups is 1. The van der Waals surface area contributed by atoms with Gasteiger partial charge in [-0.15, -0.1) is 0 Å². The lowest BCUT2D eigenvalue weighted by molar-refractivity contribution is 0.0302. The second-order valence-corrected chi connectivity index (χ2v) is 7.46. The molecule has 4 rings (SSSR count). The van der Waals surface area contributed by atoms with Crippen LogP contribution in [-0.2, 0) is 11.3 Å². The number of halogens is 1. The molecular formula is C21H23ClN6O4. The molecule has 2 aromatic heterocycles. The topological polar surface area (TPSA) is 115 Å². The van der Waals surface area contributed by atoms with Crippen LogP contribution in [0.2, 0.25) is 5.02 Å². The maximum atomic E-state index is 12.8. The summed E-state index contributed by atoms with van der Waals surface area (Å²) in [6.07, 6.45) is 4.87. The lowest BCUT2D eigenvalue weighted by Gasteiger charge is -2.27. The molecule has 0 radical (unpaired) electrons. The van der Waals surface area contributed by atoms with Gasteiger partial charge in [0.1, 0.15) is 5.75 Å². The van der Waals surface area contributed by atoms with Crippen LogP contribution in [0.25, 0.3) is 11.3 Å². The molecule has 2 N–H and O–H groups in total. The molecule has 10 nitrogen and oxygen atoms in total. The summed E-state index contributed by atoms with van der Waals surface area (Å²) in [5, 5.41) is 16.8. The number of nitrogens with one attached hydrogen (secondary N) is 1. The molecule has 1 aliphatic rings. The van der Waals surface area contributed by atoms with Crippen LogP contribution in [0.15, 0.2) is 36.8 Å². The van der Waals surface area contributed by atoms with Gasteiger partial charge >= 0.3 is 0 Å². The fraction of sp³-hybridized carbons (Fsp3) is 0.333. The van der Waals surface area contributed by atoms with Crippen molar-refractivity contribution in [3.8, 4) is 17.0 Å². The monoisotopic (exact) mass is 458 g/mol. The molecule has 0 atom stereocenters. The number of carbonyl (C=O) groups excluding carboxylic acids is 1. The molecule has 1 aromatic carbocycles. The fourth-order valence-electron chi connectivity index (χ4n) is 3.34. The number of hydrogen-bond donors (Lipinski definition) is 2. The number of aliphatic hydroxyl groups excluding tert-OH is 1. The number of amides is 1. The molecule has 0 unspecified atom stereocenters. The van der Waals surface area contributed by atoms with Crippen LogP contribution >= 0.6 is 11.6 Å². The zero-order chi connectivity index (χ0) is 22.5. The smallest absolute Gasteiger partial charge is 0.254 e. The van der Waals surface area contributed by atoms with Gasteiger partial charge in [0.2, 0.25) is 5.95 Å². The molecule has 0 aliphatic carbocycles. The Kier molecular flexibility index (Phi) is 6.84. The van der Waals surface area contributed by atoms with E-state index < -0.39 is 0 Å². The van der Waals surface area contributed by atoms with Crippen molar-refractivity contribution in [2.75, 3.05) is 45.3 Å². The molecular weight excluding hydrogens is 436 g/mol. The van der Waals surface area contributed by atoms with Crippen molar-refractivity contribution in [2.45, 2.75) is 6.54 Å². The Hall–Kier alpha value is -3.21. The highest BCUT2D eigenvalue weighted by Crippen LogP contribution is 2.31. The van der Waals surface area contributed by atoms with E-state index in [0.29, 0.717) is 72.1 Å². The van der Waals surface area contributed by atoms with Gasteiger partial charge in [0.05, 0.1) is 62.3 Å². The van der Waals surface area contributed by atoms with Gasteiger partial charge in [-0.3, -0.25) is 9.48 Å². The SMILES string of the molecule is COc1cc(C(=O)N2CCOCC2)ccc1Nc1ncc(Cl)c(-c2cnn(CCO)c2)n1. The Morgan fingerprint density at radius 1 is 1.31 bits per heavy atom. The van der Waals surface area contributed by atoms with E-state index in [1.54, 1.807) is 40.2 Å². The molecule has 3 heterocycles. The zero-order valence-electron chi connectivity index (χ0n) is 17.5. The second kappa shape index (κ2) is 9.94. The van der Waals surface area contributed by atoms with Gasteiger partial charge in [-0.05, 0) is 18.2 Å². The highest BCUT2D eigenvalue weighted by molar-refractivity contribution is 6.32. The van der Waals surface area contributed by atoms with Gasteiger partial charge in [-0.25, -0.2) is 9.97 Å². The van der Waals surface area contributed by atoms with Crippen molar-refractivity contribution in [3.05, 3.63) is 47.4 Å². The Morgan fingerprint density at radius 2 is 2.12 bits per heavy atom. The summed E-state index contributed by atoms with van der Waals surface area (Å²) in [6, 6.07) is 5.18. The summed E-state index contributed by atoms with van der Waals surface area (Å²) < 4.78 is 12.4.